The minimum Gasteiger partial charge on any atom is -0.495 e. The molecule has 0 aliphatic heterocycles. The van der Waals surface area contributed by atoms with Crippen LogP contribution in [0.4, 0.5) is 5.69 Å². The lowest BCUT2D eigenvalue weighted by Crippen LogP contribution is -2.13. The Hall–Kier alpha value is -2.05. The van der Waals surface area contributed by atoms with Gasteiger partial charge in [-0.15, -0.1) is 0 Å². The van der Waals surface area contributed by atoms with E-state index in [0.29, 0.717) is 17.0 Å². The van der Waals surface area contributed by atoms with E-state index in [1.165, 1.54) is 7.11 Å². The first-order valence-corrected chi connectivity index (χ1v) is 8.27. The lowest BCUT2D eigenvalue weighted by molar-refractivity contribution is 0.199. The highest BCUT2D eigenvalue weighted by Gasteiger charge is 2.17. The molecule has 1 unspecified atom stereocenters. The van der Waals surface area contributed by atoms with Crippen molar-refractivity contribution in [3.63, 3.8) is 0 Å². The van der Waals surface area contributed by atoms with Crippen molar-refractivity contribution in [1.29, 1.82) is 0 Å². The SMILES string of the molecule is COc1cc(C(C)O)ccc1NS(=O)(=O)c1ccc(C)cc1. The normalized spacial score (nSPS) is 12.7. The molecule has 0 aliphatic rings. The van der Waals surface area contributed by atoms with Gasteiger partial charge in [-0.3, -0.25) is 4.72 Å². The smallest absolute Gasteiger partial charge is 0.262 e. The molecule has 0 fully saturated rings. The van der Waals surface area contributed by atoms with Crippen molar-refractivity contribution in [3.05, 3.63) is 53.6 Å². The molecule has 0 saturated carbocycles. The van der Waals surface area contributed by atoms with E-state index in [9.17, 15) is 13.5 Å². The van der Waals surface area contributed by atoms with Gasteiger partial charge in [-0.05, 0) is 43.7 Å². The van der Waals surface area contributed by atoms with Gasteiger partial charge in [0.15, 0.2) is 0 Å². The van der Waals surface area contributed by atoms with Crippen LogP contribution in [0.15, 0.2) is 47.4 Å². The predicted octanol–water partition coefficient (Wildman–Crippen LogP) is 2.86. The van der Waals surface area contributed by atoms with Crippen LogP contribution in [0, 0.1) is 6.92 Å². The molecule has 2 rings (SSSR count). The Morgan fingerprint density at radius 3 is 2.32 bits per heavy atom. The molecule has 0 saturated heterocycles. The number of anilines is 1. The fraction of sp³-hybridized carbons (Fsp3) is 0.250. The number of benzene rings is 2. The van der Waals surface area contributed by atoms with Crippen LogP contribution in [-0.4, -0.2) is 20.6 Å². The monoisotopic (exact) mass is 321 g/mol. The lowest BCUT2D eigenvalue weighted by Gasteiger charge is -2.14. The van der Waals surface area contributed by atoms with Crippen LogP contribution in [0.5, 0.6) is 5.75 Å². The van der Waals surface area contributed by atoms with Gasteiger partial charge in [-0.1, -0.05) is 23.8 Å². The maximum atomic E-state index is 12.4. The van der Waals surface area contributed by atoms with Crippen LogP contribution in [-0.2, 0) is 10.0 Å². The molecule has 0 aliphatic carbocycles. The molecular formula is C16H19NO4S. The first-order valence-electron chi connectivity index (χ1n) is 6.79. The molecule has 2 aromatic rings. The minimum absolute atomic E-state index is 0.180. The summed E-state index contributed by atoms with van der Waals surface area (Å²) in [4.78, 5) is 0.180. The summed E-state index contributed by atoms with van der Waals surface area (Å²) in [5.41, 5.74) is 1.96. The van der Waals surface area contributed by atoms with E-state index in [1.807, 2.05) is 6.92 Å². The van der Waals surface area contributed by atoms with Gasteiger partial charge < -0.3 is 9.84 Å². The highest BCUT2D eigenvalue weighted by Crippen LogP contribution is 2.30. The summed E-state index contributed by atoms with van der Waals surface area (Å²) in [6.45, 7) is 3.52. The van der Waals surface area contributed by atoms with Crippen LogP contribution < -0.4 is 9.46 Å². The van der Waals surface area contributed by atoms with E-state index in [0.717, 1.165) is 5.56 Å². The molecule has 6 heteroatoms. The zero-order chi connectivity index (χ0) is 16.3. The number of nitrogens with one attached hydrogen (secondary N) is 1. The Bertz CT molecular complexity index is 752. The van der Waals surface area contributed by atoms with E-state index in [1.54, 1.807) is 49.4 Å². The third-order valence-corrected chi connectivity index (χ3v) is 4.67. The summed E-state index contributed by atoms with van der Waals surface area (Å²) in [6, 6.07) is 11.4. The summed E-state index contributed by atoms with van der Waals surface area (Å²) < 4.78 is 32.5. The molecule has 2 aromatic carbocycles. The zero-order valence-corrected chi connectivity index (χ0v) is 13.5. The van der Waals surface area contributed by atoms with Crippen molar-refractivity contribution in [1.82, 2.24) is 0 Å². The van der Waals surface area contributed by atoms with Crippen molar-refractivity contribution in [3.8, 4) is 5.75 Å². The molecule has 0 aromatic heterocycles. The summed E-state index contributed by atoms with van der Waals surface area (Å²) in [5.74, 6) is 0.356. The second-order valence-electron chi connectivity index (χ2n) is 5.05. The van der Waals surface area contributed by atoms with Crippen LogP contribution >= 0.6 is 0 Å². The summed E-state index contributed by atoms with van der Waals surface area (Å²) in [5, 5.41) is 9.58. The Morgan fingerprint density at radius 1 is 1.14 bits per heavy atom. The summed E-state index contributed by atoms with van der Waals surface area (Å²) >= 11 is 0. The fourth-order valence-electron chi connectivity index (χ4n) is 1.97. The van der Waals surface area contributed by atoms with Crippen LogP contribution in [0.3, 0.4) is 0 Å². The highest BCUT2D eigenvalue weighted by molar-refractivity contribution is 7.92. The van der Waals surface area contributed by atoms with Crippen molar-refractivity contribution >= 4 is 15.7 Å². The van der Waals surface area contributed by atoms with Gasteiger partial charge in [-0.2, -0.15) is 0 Å². The van der Waals surface area contributed by atoms with Gasteiger partial charge in [0.05, 0.1) is 23.8 Å². The Balaban J connectivity index is 2.35. The largest absolute Gasteiger partial charge is 0.495 e. The van der Waals surface area contributed by atoms with Crippen molar-refractivity contribution in [2.75, 3.05) is 11.8 Å². The maximum absolute atomic E-state index is 12.4. The average molecular weight is 321 g/mol. The number of aryl methyl sites for hydroxylation is 1. The molecule has 22 heavy (non-hydrogen) atoms. The van der Waals surface area contributed by atoms with Crippen molar-refractivity contribution < 1.29 is 18.3 Å². The highest BCUT2D eigenvalue weighted by atomic mass is 32.2. The number of hydrogen-bond acceptors (Lipinski definition) is 4. The van der Waals surface area contributed by atoms with E-state index in [4.69, 9.17) is 4.74 Å². The van der Waals surface area contributed by atoms with E-state index in [2.05, 4.69) is 4.72 Å². The number of hydrogen-bond donors (Lipinski definition) is 2. The number of aliphatic hydroxyl groups excluding tert-OH is 1. The molecule has 0 amide bonds. The molecular weight excluding hydrogens is 302 g/mol. The molecule has 0 spiro atoms. The quantitative estimate of drug-likeness (QED) is 0.888. The first-order chi connectivity index (χ1) is 10.3. The predicted molar refractivity (Wildman–Crippen MR) is 85.6 cm³/mol. The standard InChI is InChI=1S/C16H19NO4S/c1-11-4-7-14(8-5-11)22(19,20)17-15-9-6-13(12(2)18)10-16(15)21-3/h4-10,12,17-18H,1-3H3. The lowest BCUT2D eigenvalue weighted by atomic mass is 10.1. The van der Waals surface area contributed by atoms with E-state index in [-0.39, 0.29) is 4.90 Å². The minimum atomic E-state index is -3.69. The topological polar surface area (TPSA) is 75.6 Å². The number of sulfonamides is 1. The van der Waals surface area contributed by atoms with E-state index < -0.39 is 16.1 Å². The Kier molecular flexibility index (Phi) is 4.73. The van der Waals surface area contributed by atoms with Gasteiger partial charge in [0.2, 0.25) is 0 Å². The third-order valence-electron chi connectivity index (χ3n) is 3.28. The Labute approximate surface area is 130 Å². The third kappa shape index (κ3) is 3.58. The van der Waals surface area contributed by atoms with Gasteiger partial charge in [0.25, 0.3) is 10.0 Å². The summed E-state index contributed by atoms with van der Waals surface area (Å²) in [6.07, 6.45) is -0.656. The second-order valence-corrected chi connectivity index (χ2v) is 6.74. The number of ether oxygens (including phenoxy) is 1. The van der Waals surface area contributed by atoms with Crippen LogP contribution in [0.1, 0.15) is 24.2 Å². The van der Waals surface area contributed by atoms with Gasteiger partial charge in [0, 0.05) is 0 Å². The van der Waals surface area contributed by atoms with Crippen molar-refractivity contribution in [2.24, 2.45) is 0 Å². The molecule has 2 N–H and O–H groups in total. The van der Waals surface area contributed by atoms with Gasteiger partial charge in [-0.25, -0.2) is 8.42 Å². The average Bonchev–Trinajstić information content (AvgIpc) is 2.47. The number of aliphatic hydroxyl groups is 1. The molecule has 5 nitrogen and oxygen atoms in total. The number of methoxy groups -OCH3 is 1. The van der Waals surface area contributed by atoms with Crippen LogP contribution in [0.2, 0.25) is 0 Å². The first kappa shape index (κ1) is 16.3. The maximum Gasteiger partial charge on any atom is 0.262 e. The zero-order valence-electron chi connectivity index (χ0n) is 12.7. The van der Waals surface area contributed by atoms with Crippen molar-refractivity contribution in [2.45, 2.75) is 24.8 Å². The second kappa shape index (κ2) is 6.37. The van der Waals surface area contributed by atoms with Gasteiger partial charge >= 0.3 is 0 Å². The molecule has 0 radical (unpaired) electrons. The molecule has 0 bridgehead atoms. The Morgan fingerprint density at radius 2 is 1.77 bits per heavy atom. The molecule has 0 heterocycles. The van der Waals surface area contributed by atoms with Gasteiger partial charge in [0.1, 0.15) is 5.75 Å². The fourth-order valence-corrected chi connectivity index (χ4v) is 3.04. The number of rotatable bonds is 5. The summed E-state index contributed by atoms with van der Waals surface area (Å²) in [7, 11) is -2.24. The molecule has 118 valence electrons. The van der Waals surface area contributed by atoms with Crippen LogP contribution in [0.25, 0.3) is 0 Å². The molecule has 1 atom stereocenters. The van der Waals surface area contributed by atoms with E-state index >= 15 is 0 Å².